The van der Waals surface area contributed by atoms with Crippen LogP contribution in [0.5, 0.6) is 0 Å². The topological polar surface area (TPSA) is 51.4 Å². The SMILES string of the molecule is Cc1ccccc1-c1noc(C2CC2)c1COC1C[C@H]2CC[C@@H](C1)N2c1nc(Br)cs1. The Morgan fingerprint density at radius 1 is 1.16 bits per heavy atom. The molecular formula is C24H26BrN3O2S. The van der Waals surface area contributed by atoms with Crippen molar-refractivity contribution in [2.24, 2.45) is 0 Å². The number of hydrogen-bond acceptors (Lipinski definition) is 6. The van der Waals surface area contributed by atoms with Crippen LogP contribution in [-0.2, 0) is 11.3 Å². The van der Waals surface area contributed by atoms with Crippen molar-refractivity contribution in [2.45, 2.75) is 76.2 Å². The van der Waals surface area contributed by atoms with Crippen molar-refractivity contribution < 1.29 is 9.26 Å². The van der Waals surface area contributed by atoms with Gasteiger partial charge in [-0.1, -0.05) is 29.4 Å². The van der Waals surface area contributed by atoms with Gasteiger partial charge in [0, 0.05) is 34.5 Å². The number of aryl methyl sites for hydroxylation is 1. The molecule has 2 saturated heterocycles. The summed E-state index contributed by atoms with van der Waals surface area (Å²) in [4.78, 5) is 7.22. The lowest BCUT2D eigenvalue weighted by Gasteiger charge is -2.38. The largest absolute Gasteiger partial charge is 0.373 e. The van der Waals surface area contributed by atoms with Gasteiger partial charge in [-0.25, -0.2) is 4.98 Å². The van der Waals surface area contributed by atoms with E-state index in [-0.39, 0.29) is 6.10 Å². The average Bonchev–Trinajstić information content (AvgIpc) is 3.29. The van der Waals surface area contributed by atoms with Crippen LogP contribution in [-0.4, -0.2) is 28.3 Å². The first-order valence-electron chi connectivity index (χ1n) is 11.2. The molecule has 31 heavy (non-hydrogen) atoms. The first-order chi connectivity index (χ1) is 15.2. The Labute approximate surface area is 194 Å². The predicted molar refractivity (Wildman–Crippen MR) is 126 cm³/mol. The molecule has 4 heterocycles. The number of ether oxygens (including phenoxy) is 1. The maximum Gasteiger partial charge on any atom is 0.186 e. The monoisotopic (exact) mass is 499 g/mol. The third-order valence-corrected chi connectivity index (χ3v) is 8.57. The zero-order valence-corrected chi connectivity index (χ0v) is 20.0. The molecule has 3 atom stereocenters. The summed E-state index contributed by atoms with van der Waals surface area (Å²) in [6, 6.07) is 9.48. The highest BCUT2D eigenvalue weighted by Gasteiger charge is 2.42. The van der Waals surface area contributed by atoms with Crippen LogP contribution in [0, 0.1) is 6.92 Å². The second kappa shape index (κ2) is 8.01. The smallest absolute Gasteiger partial charge is 0.186 e. The van der Waals surface area contributed by atoms with Crippen LogP contribution in [0.15, 0.2) is 38.8 Å². The van der Waals surface area contributed by atoms with E-state index in [0.29, 0.717) is 24.6 Å². The van der Waals surface area contributed by atoms with E-state index in [4.69, 9.17) is 9.26 Å². The Hall–Kier alpha value is -1.70. The number of aromatic nitrogens is 2. The van der Waals surface area contributed by atoms with Gasteiger partial charge >= 0.3 is 0 Å². The Bertz CT molecular complexity index is 1080. The number of piperidine rings is 1. The third-order valence-electron chi connectivity index (χ3n) is 7.01. The molecule has 0 spiro atoms. The molecule has 162 valence electrons. The number of thiazole rings is 1. The van der Waals surface area contributed by atoms with E-state index >= 15 is 0 Å². The quantitative estimate of drug-likeness (QED) is 0.389. The van der Waals surface area contributed by atoms with Crippen LogP contribution in [0.25, 0.3) is 11.3 Å². The highest BCUT2D eigenvalue weighted by Crippen LogP contribution is 2.45. The fraction of sp³-hybridized carbons (Fsp3) is 0.500. The molecule has 2 aromatic heterocycles. The van der Waals surface area contributed by atoms with Crippen molar-refractivity contribution in [1.29, 1.82) is 0 Å². The summed E-state index contributed by atoms with van der Waals surface area (Å²) >= 11 is 5.24. The van der Waals surface area contributed by atoms with Gasteiger partial charge in [-0.3, -0.25) is 0 Å². The zero-order chi connectivity index (χ0) is 20.9. The fourth-order valence-electron chi connectivity index (χ4n) is 5.32. The first kappa shape index (κ1) is 19.9. The maximum atomic E-state index is 6.57. The second-order valence-corrected chi connectivity index (χ2v) is 10.8. The van der Waals surface area contributed by atoms with Gasteiger partial charge in [0.05, 0.1) is 12.7 Å². The minimum Gasteiger partial charge on any atom is -0.373 e. The zero-order valence-electron chi connectivity index (χ0n) is 17.6. The van der Waals surface area contributed by atoms with Crippen LogP contribution in [0.1, 0.15) is 61.3 Å². The molecule has 1 aliphatic carbocycles. The molecule has 2 aliphatic heterocycles. The minimum absolute atomic E-state index is 0.281. The molecule has 6 rings (SSSR count). The van der Waals surface area contributed by atoms with Crippen LogP contribution in [0.4, 0.5) is 5.13 Å². The summed E-state index contributed by atoms with van der Waals surface area (Å²) in [5.41, 5.74) is 4.50. The number of rotatable bonds is 6. The van der Waals surface area contributed by atoms with Crippen molar-refractivity contribution in [3.63, 3.8) is 0 Å². The van der Waals surface area contributed by atoms with Crippen LogP contribution < -0.4 is 4.90 Å². The lowest BCUT2D eigenvalue weighted by molar-refractivity contribution is 0.0147. The summed E-state index contributed by atoms with van der Waals surface area (Å²) in [6.07, 6.45) is 7.27. The summed E-state index contributed by atoms with van der Waals surface area (Å²) in [6.45, 7) is 2.72. The van der Waals surface area contributed by atoms with Gasteiger partial charge in [0.25, 0.3) is 0 Å². The van der Waals surface area contributed by atoms with E-state index in [0.717, 1.165) is 45.2 Å². The van der Waals surface area contributed by atoms with E-state index in [1.807, 2.05) is 0 Å². The van der Waals surface area contributed by atoms with Crippen molar-refractivity contribution in [3.8, 4) is 11.3 Å². The molecule has 0 N–H and O–H groups in total. The van der Waals surface area contributed by atoms with E-state index < -0.39 is 0 Å². The summed E-state index contributed by atoms with van der Waals surface area (Å²) in [5, 5.41) is 7.72. The fourth-order valence-corrected chi connectivity index (χ4v) is 6.71. The summed E-state index contributed by atoms with van der Waals surface area (Å²) in [7, 11) is 0. The van der Waals surface area contributed by atoms with E-state index in [1.165, 1.54) is 31.2 Å². The molecule has 5 nitrogen and oxygen atoms in total. The molecule has 1 unspecified atom stereocenters. The molecule has 0 amide bonds. The summed E-state index contributed by atoms with van der Waals surface area (Å²) < 4.78 is 13.4. The first-order valence-corrected chi connectivity index (χ1v) is 12.9. The van der Waals surface area contributed by atoms with Crippen LogP contribution in [0.2, 0.25) is 0 Å². The lowest BCUT2D eigenvalue weighted by Crippen LogP contribution is -2.45. The molecule has 2 bridgehead atoms. The number of halogens is 1. The molecule has 3 aromatic rings. The second-order valence-electron chi connectivity index (χ2n) is 9.11. The minimum atomic E-state index is 0.281. The Kier molecular flexibility index (Phi) is 5.16. The lowest BCUT2D eigenvalue weighted by atomic mass is 9.99. The number of anilines is 1. The summed E-state index contributed by atoms with van der Waals surface area (Å²) in [5.74, 6) is 1.57. The van der Waals surface area contributed by atoms with Gasteiger partial charge in [-0.2, -0.15) is 0 Å². The van der Waals surface area contributed by atoms with Crippen molar-refractivity contribution in [3.05, 3.63) is 51.1 Å². The van der Waals surface area contributed by atoms with E-state index in [2.05, 4.69) is 67.5 Å². The third kappa shape index (κ3) is 3.74. The van der Waals surface area contributed by atoms with Gasteiger partial charge in [-0.15, -0.1) is 11.3 Å². The molecule has 3 aliphatic rings. The highest BCUT2D eigenvalue weighted by molar-refractivity contribution is 9.10. The molecular weight excluding hydrogens is 474 g/mol. The Morgan fingerprint density at radius 3 is 2.61 bits per heavy atom. The van der Waals surface area contributed by atoms with E-state index in [1.54, 1.807) is 11.3 Å². The van der Waals surface area contributed by atoms with Gasteiger partial charge in [0.2, 0.25) is 0 Å². The molecule has 3 fully saturated rings. The maximum absolute atomic E-state index is 6.57. The van der Waals surface area contributed by atoms with Crippen molar-refractivity contribution in [2.75, 3.05) is 4.90 Å². The number of fused-ring (bicyclic) bond motifs is 2. The van der Waals surface area contributed by atoms with Gasteiger partial charge < -0.3 is 14.2 Å². The molecule has 1 aromatic carbocycles. The van der Waals surface area contributed by atoms with Gasteiger partial charge in [0.15, 0.2) is 5.13 Å². The van der Waals surface area contributed by atoms with Crippen LogP contribution >= 0.6 is 27.3 Å². The normalized spacial score (nSPS) is 25.4. The number of hydrogen-bond donors (Lipinski definition) is 0. The van der Waals surface area contributed by atoms with Crippen molar-refractivity contribution >= 4 is 32.4 Å². The van der Waals surface area contributed by atoms with E-state index in [9.17, 15) is 0 Å². The average molecular weight is 500 g/mol. The predicted octanol–water partition coefficient (Wildman–Crippen LogP) is 6.46. The standard InChI is InChI=1S/C24H26BrN3O2S/c1-14-4-2-3-5-19(14)22-20(23(30-27-22)15-6-7-15)12-29-18-10-16-8-9-17(11-18)28(16)24-26-21(25)13-31-24/h2-5,13,15-18H,6-12H2,1H3/t16-,17+,18?. The highest BCUT2D eigenvalue weighted by atomic mass is 79.9. The number of nitrogens with zero attached hydrogens (tertiary/aromatic N) is 3. The molecule has 0 radical (unpaired) electrons. The Balaban J connectivity index is 1.20. The molecule has 7 heteroatoms. The molecule has 1 saturated carbocycles. The van der Waals surface area contributed by atoms with Gasteiger partial charge in [-0.05, 0) is 66.9 Å². The van der Waals surface area contributed by atoms with Gasteiger partial charge in [0.1, 0.15) is 16.1 Å². The van der Waals surface area contributed by atoms with Crippen molar-refractivity contribution in [1.82, 2.24) is 10.1 Å². The number of benzene rings is 1. The Morgan fingerprint density at radius 2 is 1.94 bits per heavy atom. The van der Waals surface area contributed by atoms with Crippen LogP contribution in [0.3, 0.4) is 0 Å².